The van der Waals surface area contributed by atoms with Crippen molar-refractivity contribution in [2.24, 2.45) is 5.73 Å². The number of unbranched alkanes of at least 4 members (excludes halogenated alkanes) is 1. The van der Waals surface area contributed by atoms with E-state index in [0.29, 0.717) is 13.0 Å². The molecule has 1 aromatic heterocycles. The highest BCUT2D eigenvalue weighted by Gasteiger charge is 2.01. The third kappa shape index (κ3) is 6.49. The number of hydrogen-bond acceptors (Lipinski definition) is 3. The van der Waals surface area contributed by atoms with Gasteiger partial charge in [0.15, 0.2) is 0 Å². The van der Waals surface area contributed by atoms with Crippen molar-refractivity contribution in [2.75, 3.05) is 13.1 Å². The zero-order chi connectivity index (χ0) is 10.2. The lowest BCUT2D eigenvalue weighted by atomic mass is 10.2. The Morgan fingerprint density at radius 2 is 2.27 bits per heavy atom. The van der Waals surface area contributed by atoms with Crippen molar-refractivity contribution < 1.29 is 4.79 Å². The minimum absolute atomic E-state index is 0. The molecule has 0 atom stereocenters. The van der Waals surface area contributed by atoms with Gasteiger partial charge < -0.3 is 11.1 Å². The minimum Gasteiger partial charge on any atom is -0.356 e. The van der Waals surface area contributed by atoms with Gasteiger partial charge in [0.2, 0.25) is 5.91 Å². The van der Waals surface area contributed by atoms with E-state index in [1.807, 2.05) is 16.8 Å². The maximum absolute atomic E-state index is 11.3. The van der Waals surface area contributed by atoms with E-state index in [0.717, 1.165) is 24.9 Å². The molecule has 0 aliphatic heterocycles. The van der Waals surface area contributed by atoms with Gasteiger partial charge in [-0.05, 0) is 41.8 Å². The molecule has 1 aromatic rings. The van der Waals surface area contributed by atoms with Crippen molar-refractivity contribution in [3.8, 4) is 0 Å². The van der Waals surface area contributed by atoms with E-state index in [9.17, 15) is 4.79 Å². The molecule has 15 heavy (non-hydrogen) atoms. The van der Waals surface area contributed by atoms with Crippen molar-refractivity contribution in [1.29, 1.82) is 0 Å². The van der Waals surface area contributed by atoms with Crippen molar-refractivity contribution >= 4 is 29.7 Å². The first-order chi connectivity index (χ1) is 6.83. The molecule has 3 N–H and O–H groups in total. The van der Waals surface area contributed by atoms with Gasteiger partial charge in [-0.25, -0.2) is 0 Å². The summed E-state index contributed by atoms with van der Waals surface area (Å²) in [4.78, 5) is 11.3. The largest absolute Gasteiger partial charge is 0.356 e. The molecule has 0 spiro atoms. The van der Waals surface area contributed by atoms with Crippen LogP contribution in [-0.4, -0.2) is 19.0 Å². The fourth-order valence-electron chi connectivity index (χ4n) is 1.14. The molecule has 5 heteroatoms. The molecule has 1 heterocycles. The first kappa shape index (κ1) is 14.4. The Labute approximate surface area is 100 Å². The molecule has 0 radical (unpaired) electrons. The maximum Gasteiger partial charge on any atom is 0.224 e. The van der Waals surface area contributed by atoms with E-state index in [2.05, 4.69) is 5.32 Å². The zero-order valence-corrected chi connectivity index (χ0v) is 10.2. The number of thiophene rings is 1. The standard InChI is InChI=1S/C10H16N2OS.ClH/c11-4-1-2-5-12-10(13)7-9-3-6-14-8-9;/h3,6,8H,1-2,4-5,7,11H2,(H,12,13);1H. The summed E-state index contributed by atoms with van der Waals surface area (Å²) in [5.74, 6) is 0.0976. The fourth-order valence-corrected chi connectivity index (χ4v) is 1.81. The van der Waals surface area contributed by atoms with Crippen molar-refractivity contribution in [2.45, 2.75) is 19.3 Å². The molecule has 0 fully saturated rings. The molecule has 3 nitrogen and oxygen atoms in total. The molecular formula is C10H17ClN2OS. The van der Waals surface area contributed by atoms with Crippen LogP contribution in [0.4, 0.5) is 0 Å². The van der Waals surface area contributed by atoms with Crippen LogP contribution in [0.1, 0.15) is 18.4 Å². The van der Waals surface area contributed by atoms with E-state index in [1.165, 1.54) is 0 Å². The Hall–Kier alpha value is -0.580. The monoisotopic (exact) mass is 248 g/mol. The van der Waals surface area contributed by atoms with E-state index in [1.54, 1.807) is 11.3 Å². The Morgan fingerprint density at radius 1 is 1.47 bits per heavy atom. The van der Waals surface area contributed by atoms with Gasteiger partial charge in [0, 0.05) is 6.54 Å². The highest BCUT2D eigenvalue weighted by molar-refractivity contribution is 7.07. The smallest absolute Gasteiger partial charge is 0.224 e. The number of halogens is 1. The third-order valence-corrected chi connectivity index (χ3v) is 2.63. The SMILES string of the molecule is Cl.NCCCCNC(=O)Cc1ccsc1. The summed E-state index contributed by atoms with van der Waals surface area (Å²) in [6.45, 7) is 1.43. The highest BCUT2D eigenvalue weighted by Crippen LogP contribution is 2.06. The van der Waals surface area contributed by atoms with Gasteiger partial charge >= 0.3 is 0 Å². The number of carbonyl (C=O) groups is 1. The Balaban J connectivity index is 0.00000196. The lowest BCUT2D eigenvalue weighted by Crippen LogP contribution is -2.26. The van der Waals surface area contributed by atoms with Crippen LogP contribution in [0.15, 0.2) is 16.8 Å². The van der Waals surface area contributed by atoms with E-state index in [4.69, 9.17) is 5.73 Å². The van der Waals surface area contributed by atoms with Crippen LogP contribution < -0.4 is 11.1 Å². The maximum atomic E-state index is 11.3. The van der Waals surface area contributed by atoms with E-state index in [-0.39, 0.29) is 18.3 Å². The van der Waals surface area contributed by atoms with Gasteiger partial charge in [-0.15, -0.1) is 12.4 Å². The number of nitrogens with two attached hydrogens (primary N) is 1. The highest BCUT2D eigenvalue weighted by atomic mass is 35.5. The number of carbonyl (C=O) groups excluding carboxylic acids is 1. The van der Waals surface area contributed by atoms with Crippen LogP contribution in [-0.2, 0) is 11.2 Å². The molecule has 0 aromatic carbocycles. The van der Waals surface area contributed by atoms with E-state index >= 15 is 0 Å². The lowest BCUT2D eigenvalue weighted by molar-refractivity contribution is -0.120. The second-order valence-corrected chi connectivity index (χ2v) is 3.93. The molecule has 0 aliphatic rings. The molecule has 0 unspecified atom stereocenters. The molecule has 86 valence electrons. The second kappa shape index (κ2) is 8.71. The van der Waals surface area contributed by atoms with Gasteiger partial charge in [-0.2, -0.15) is 11.3 Å². The summed E-state index contributed by atoms with van der Waals surface area (Å²) in [5, 5.41) is 6.85. The summed E-state index contributed by atoms with van der Waals surface area (Å²) in [5.41, 5.74) is 6.43. The van der Waals surface area contributed by atoms with Crippen LogP contribution in [0.2, 0.25) is 0 Å². The summed E-state index contributed by atoms with van der Waals surface area (Å²) < 4.78 is 0. The molecular weight excluding hydrogens is 232 g/mol. The van der Waals surface area contributed by atoms with Gasteiger partial charge in [-0.3, -0.25) is 4.79 Å². The molecule has 0 aliphatic carbocycles. The normalized spacial score (nSPS) is 9.40. The Morgan fingerprint density at radius 3 is 2.87 bits per heavy atom. The predicted octanol–water partition coefficient (Wildman–Crippen LogP) is 1.57. The van der Waals surface area contributed by atoms with Crippen LogP contribution in [0.25, 0.3) is 0 Å². The Kier molecular flexibility index (Phi) is 8.37. The lowest BCUT2D eigenvalue weighted by Gasteiger charge is -2.02. The fraction of sp³-hybridized carbons (Fsp3) is 0.500. The number of nitrogens with one attached hydrogen (secondary N) is 1. The molecule has 0 saturated carbocycles. The van der Waals surface area contributed by atoms with Crippen LogP contribution in [0.3, 0.4) is 0 Å². The number of hydrogen-bond donors (Lipinski definition) is 2. The third-order valence-electron chi connectivity index (χ3n) is 1.90. The van der Waals surface area contributed by atoms with E-state index < -0.39 is 0 Å². The first-order valence-corrected chi connectivity index (χ1v) is 5.75. The molecule has 0 bridgehead atoms. The molecule has 1 amide bonds. The average molecular weight is 249 g/mol. The summed E-state index contributed by atoms with van der Waals surface area (Å²) in [6, 6.07) is 1.98. The predicted molar refractivity (Wildman–Crippen MR) is 66.6 cm³/mol. The number of amides is 1. The second-order valence-electron chi connectivity index (χ2n) is 3.15. The van der Waals surface area contributed by atoms with Gasteiger partial charge in [0.1, 0.15) is 0 Å². The van der Waals surface area contributed by atoms with Crippen LogP contribution >= 0.6 is 23.7 Å². The van der Waals surface area contributed by atoms with Crippen molar-refractivity contribution in [3.05, 3.63) is 22.4 Å². The first-order valence-electron chi connectivity index (χ1n) is 4.81. The van der Waals surface area contributed by atoms with Gasteiger partial charge in [-0.1, -0.05) is 0 Å². The zero-order valence-electron chi connectivity index (χ0n) is 8.57. The van der Waals surface area contributed by atoms with Gasteiger partial charge in [0.05, 0.1) is 6.42 Å². The number of rotatable bonds is 6. The van der Waals surface area contributed by atoms with Crippen LogP contribution in [0, 0.1) is 0 Å². The average Bonchev–Trinajstić information content (AvgIpc) is 2.65. The van der Waals surface area contributed by atoms with Crippen molar-refractivity contribution in [3.63, 3.8) is 0 Å². The van der Waals surface area contributed by atoms with Crippen LogP contribution in [0.5, 0.6) is 0 Å². The topological polar surface area (TPSA) is 55.1 Å². The summed E-state index contributed by atoms with van der Waals surface area (Å²) in [6.07, 6.45) is 2.43. The quantitative estimate of drug-likeness (QED) is 0.751. The summed E-state index contributed by atoms with van der Waals surface area (Å²) >= 11 is 1.62. The van der Waals surface area contributed by atoms with Crippen molar-refractivity contribution in [1.82, 2.24) is 5.32 Å². The summed E-state index contributed by atoms with van der Waals surface area (Å²) in [7, 11) is 0. The van der Waals surface area contributed by atoms with Gasteiger partial charge in [0.25, 0.3) is 0 Å². The molecule has 0 saturated heterocycles. The molecule has 1 rings (SSSR count). The minimum atomic E-state index is 0. The Bertz CT molecular complexity index is 264.